The molecule has 1 saturated carbocycles. The Morgan fingerprint density at radius 1 is 1.29 bits per heavy atom. The third-order valence-corrected chi connectivity index (χ3v) is 4.60. The number of nitrogens with one attached hydrogen (secondary N) is 1. The van der Waals surface area contributed by atoms with Crippen LogP contribution < -0.4 is 10.1 Å². The standard InChI is InChI=1S/C17H26FNO2/c1-21-16-6-5-14(11-15(16)18)12-19-13-17(9-10-20)7-3-2-4-8-17/h5-6,11,19-20H,2-4,7-10,12-13H2,1H3. The normalized spacial score (nSPS) is 17.7. The minimum absolute atomic E-state index is 0.220. The van der Waals surface area contributed by atoms with E-state index in [9.17, 15) is 9.50 Å². The fourth-order valence-corrected chi connectivity index (χ4v) is 3.35. The van der Waals surface area contributed by atoms with Gasteiger partial charge in [0.05, 0.1) is 7.11 Å². The first-order valence-electron chi connectivity index (χ1n) is 7.83. The van der Waals surface area contributed by atoms with Crippen LogP contribution in [-0.4, -0.2) is 25.4 Å². The molecule has 0 spiro atoms. The summed E-state index contributed by atoms with van der Waals surface area (Å²) in [4.78, 5) is 0. The second-order valence-corrected chi connectivity index (χ2v) is 6.11. The fourth-order valence-electron chi connectivity index (χ4n) is 3.35. The quantitative estimate of drug-likeness (QED) is 0.811. The van der Waals surface area contributed by atoms with Gasteiger partial charge in [-0.1, -0.05) is 25.3 Å². The second-order valence-electron chi connectivity index (χ2n) is 6.11. The van der Waals surface area contributed by atoms with Gasteiger partial charge in [0, 0.05) is 19.7 Å². The van der Waals surface area contributed by atoms with Gasteiger partial charge in [-0.15, -0.1) is 0 Å². The summed E-state index contributed by atoms with van der Waals surface area (Å²) in [6.45, 7) is 1.79. The third-order valence-electron chi connectivity index (χ3n) is 4.60. The first-order valence-corrected chi connectivity index (χ1v) is 7.83. The summed E-state index contributed by atoms with van der Waals surface area (Å²) >= 11 is 0. The molecule has 2 N–H and O–H groups in total. The van der Waals surface area contributed by atoms with E-state index < -0.39 is 0 Å². The molecule has 2 rings (SSSR count). The van der Waals surface area contributed by atoms with Crippen molar-refractivity contribution in [2.75, 3.05) is 20.3 Å². The van der Waals surface area contributed by atoms with Crippen LogP contribution in [0.2, 0.25) is 0 Å². The predicted molar refractivity (Wildman–Crippen MR) is 81.9 cm³/mol. The molecule has 4 heteroatoms. The number of hydrogen-bond donors (Lipinski definition) is 2. The van der Waals surface area contributed by atoms with E-state index >= 15 is 0 Å². The summed E-state index contributed by atoms with van der Waals surface area (Å²) in [6.07, 6.45) is 7.01. The van der Waals surface area contributed by atoms with Crippen molar-refractivity contribution in [1.29, 1.82) is 0 Å². The number of methoxy groups -OCH3 is 1. The Balaban J connectivity index is 1.88. The summed E-state index contributed by atoms with van der Waals surface area (Å²) in [5, 5.41) is 12.7. The van der Waals surface area contributed by atoms with Crippen molar-refractivity contribution in [3.05, 3.63) is 29.6 Å². The highest BCUT2D eigenvalue weighted by Gasteiger charge is 2.30. The molecule has 0 bridgehead atoms. The van der Waals surface area contributed by atoms with Gasteiger partial charge in [-0.3, -0.25) is 0 Å². The van der Waals surface area contributed by atoms with Gasteiger partial charge in [-0.25, -0.2) is 4.39 Å². The Hall–Kier alpha value is -1.13. The summed E-state index contributed by atoms with van der Waals surface area (Å²) in [5.41, 5.74) is 1.14. The molecule has 0 amide bonds. The highest BCUT2D eigenvalue weighted by atomic mass is 19.1. The van der Waals surface area contributed by atoms with Gasteiger partial charge >= 0.3 is 0 Å². The van der Waals surface area contributed by atoms with E-state index in [1.165, 1.54) is 45.3 Å². The third kappa shape index (κ3) is 4.42. The smallest absolute Gasteiger partial charge is 0.165 e. The lowest BCUT2D eigenvalue weighted by Crippen LogP contribution is -2.36. The predicted octanol–water partition coefficient (Wildman–Crippen LogP) is 3.26. The van der Waals surface area contributed by atoms with E-state index in [0.717, 1.165) is 18.5 Å². The second kappa shape index (κ2) is 7.76. The van der Waals surface area contributed by atoms with Gasteiger partial charge in [0.25, 0.3) is 0 Å². The van der Waals surface area contributed by atoms with Crippen molar-refractivity contribution in [2.45, 2.75) is 45.1 Å². The van der Waals surface area contributed by atoms with Crippen molar-refractivity contribution >= 4 is 0 Å². The molecule has 21 heavy (non-hydrogen) atoms. The van der Waals surface area contributed by atoms with Crippen molar-refractivity contribution in [1.82, 2.24) is 5.32 Å². The molecule has 0 aromatic heterocycles. The topological polar surface area (TPSA) is 41.5 Å². The lowest BCUT2D eigenvalue weighted by atomic mass is 9.72. The Morgan fingerprint density at radius 3 is 2.67 bits per heavy atom. The zero-order chi connectivity index (χ0) is 15.1. The van der Waals surface area contributed by atoms with Gasteiger partial charge in [0.2, 0.25) is 0 Å². The maximum absolute atomic E-state index is 13.6. The highest BCUT2D eigenvalue weighted by molar-refractivity contribution is 5.29. The molecule has 1 aliphatic rings. The van der Waals surface area contributed by atoms with E-state index in [2.05, 4.69) is 5.32 Å². The Bertz CT molecular complexity index is 439. The molecule has 0 unspecified atom stereocenters. The summed E-state index contributed by atoms with van der Waals surface area (Å²) in [7, 11) is 1.47. The number of ether oxygens (including phenoxy) is 1. The number of benzene rings is 1. The SMILES string of the molecule is COc1ccc(CNCC2(CCO)CCCCC2)cc1F. The van der Waals surface area contributed by atoms with Crippen LogP contribution in [0.3, 0.4) is 0 Å². The molecule has 0 heterocycles. The number of hydrogen-bond acceptors (Lipinski definition) is 3. The molecule has 118 valence electrons. The number of rotatable bonds is 7. The Kier molecular flexibility index (Phi) is 6.00. The van der Waals surface area contributed by atoms with Crippen molar-refractivity contribution in [3.63, 3.8) is 0 Å². The van der Waals surface area contributed by atoms with Crippen LogP contribution in [0.4, 0.5) is 4.39 Å². The Morgan fingerprint density at radius 2 is 2.05 bits per heavy atom. The van der Waals surface area contributed by atoms with E-state index in [1.807, 2.05) is 6.07 Å². The number of aliphatic hydroxyl groups is 1. The van der Waals surface area contributed by atoms with Crippen molar-refractivity contribution in [3.8, 4) is 5.75 Å². The highest BCUT2D eigenvalue weighted by Crippen LogP contribution is 2.38. The molecular weight excluding hydrogens is 269 g/mol. The average molecular weight is 295 g/mol. The first kappa shape index (κ1) is 16.2. The Labute approximate surface area is 126 Å². The van der Waals surface area contributed by atoms with Crippen LogP contribution in [-0.2, 0) is 6.54 Å². The van der Waals surface area contributed by atoms with E-state index in [-0.39, 0.29) is 23.6 Å². The molecule has 3 nitrogen and oxygen atoms in total. The first-order chi connectivity index (χ1) is 10.2. The zero-order valence-corrected chi connectivity index (χ0v) is 12.8. The van der Waals surface area contributed by atoms with Gasteiger partial charge in [-0.05, 0) is 42.4 Å². The molecule has 1 fully saturated rings. The van der Waals surface area contributed by atoms with Crippen LogP contribution in [0.15, 0.2) is 18.2 Å². The molecule has 0 radical (unpaired) electrons. The van der Waals surface area contributed by atoms with Gasteiger partial charge in [-0.2, -0.15) is 0 Å². The van der Waals surface area contributed by atoms with Crippen LogP contribution >= 0.6 is 0 Å². The lowest BCUT2D eigenvalue weighted by molar-refractivity contribution is 0.126. The fraction of sp³-hybridized carbons (Fsp3) is 0.647. The van der Waals surface area contributed by atoms with E-state index in [4.69, 9.17) is 4.74 Å². The number of halogens is 1. The zero-order valence-electron chi connectivity index (χ0n) is 12.8. The van der Waals surface area contributed by atoms with Crippen LogP contribution in [0.1, 0.15) is 44.1 Å². The van der Waals surface area contributed by atoms with Gasteiger partial charge < -0.3 is 15.2 Å². The molecule has 1 aromatic rings. The average Bonchev–Trinajstić information content (AvgIpc) is 2.49. The van der Waals surface area contributed by atoms with Crippen LogP contribution in [0.5, 0.6) is 5.75 Å². The summed E-state index contributed by atoms with van der Waals surface area (Å²) in [6, 6.07) is 5.07. The van der Waals surface area contributed by atoms with Gasteiger partial charge in [0.15, 0.2) is 11.6 Å². The molecule has 0 atom stereocenters. The van der Waals surface area contributed by atoms with Crippen molar-refractivity contribution < 1.29 is 14.2 Å². The summed E-state index contributed by atoms with van der Waals surface area (Å²) < 4.78 is 18.6. The molecule has 0 saturated heterocycles. The molecule has 0 aliphatic heterocycles. The van der Waals surface area contributed by atoms with Crippen LogP contribution in [0.25, 0.3) is 0 Å². The van der Waals surface area contributed by atoms with Crippen molar-refractivity contribution in [2.24, 2.45) is 5.41 Å². The lowest BCUT2D eigenvalue weighted by Gasteiger charge is -2.37. The monoisotopic (exact) mass is 295 g/mol. The number of aliphatic hydroxyl groups excluding tert-OH is 1. The minimum atomic E-state index is -0.320. The minimum Gasteiger partial charge on any atom is -0.494 e. The summed E-state index contributed by atoms with van der Waals surface area (Å²) in [5.74, 6) is -0.0395. The largest absolute Gasteiger partial charge is 0.494 e. The van der Waals surface area contributed by atoms with E-state index in [0.29, 0.717) is 6.54 Å². The van der Waals surface area contributed by atoms with Gasteiger partial charge in [0.1, 0.15) is 0 Å². The van der Waals surface area contributed by atoms with E-state index in [1.54, 1.807) is 6.07 Å². The molecule has 1 aromatic carbocycles. The molecular formula is C17H26FNO2. The van der Waals surface area contributed by atoms with Crippen LogP contribution in [0, 0.1) is 11.2 Å². The maximum Gasteiger partial charge on any atom is 0.165 e. The molecule has 1 aliphatic carbocycles. The maximum atomic E-state index is 13.6.